The summed E-state index contributed by atoms with van der Waals surface area (Å²) in [4.78, 5) is 12.2. The average Bonchev–Trinajstić information content (AvgIpc) is 3.18. The van der Waals surface area contributed by atoms with Crippen molar-refractivity contribution in [3.05, 3.63) is 100 Å². The molecule has 3 aromatic carbocycles. The monoisotopic (exact) mass is 422 g/mol. The van der Waals surface area contributed by atoms with E-state index in [1.807, 2.05) is 24.3 Å². The van der Waals surface area contributed by atoms with Gasteiger partial charge in [0.25, 0.3) is 5.91 Å². The number of carbonyl (C=O) groups is 1. The Hall–Kier alpha value is -4.37. The zero-order valence-electron chi connectivity index (χ0n) is 17.8. The lowest BCUT2D eigenvalue weighted by Crippen LogP contribution is -2.17. The van der Waals surface area contributed by atoms with Crippen molar-refractivity contribution in [1.29, 1.82) is 5.26 Å². The van der Waals surface area contributed by atoms with E-state index in [1.54, 1.807) is 6.21 Å². The Morgan fingerprint density at radius 1 is 1.09 bits per heavy atom. The predicted octanol–water partition coefficient (Wildman–Crippen LogP) is 4.65. The number of hydrogen-bond donors (Lipinski definition) is 2. The van der Waals surface area contributed by atoms with Gasteiger partial charge in [-0.3, -0.25) is 4.79 Å². The van der Waals surface area contributed by atoms with E-state index in [0.717, 1.165) is 23.0 Å². The molecule has 6 nitrogen and oxygen atoms in total. The Morgan fingerprint density at radius 2 is 1.94 bits per heavy atom. The first-order valence-corrected chi connectivity index (χ1v) is 10.2. The van der Waals surface area contributed by atoms with Crippen LogP contribution in [0.15, 0.2) is 72.0 Å². The van der Waals surface area contributed by atoms with E-state index in [9.17, 15) is 9.90 Å². The van der Waals surface area contributed by atoms with Gasteiger partial charge in [0.2, 0.25) is 0 Å². The number of nitriles is 1. The lowest BCUT2D eigenvalue weighted by atomic mass is 10.1. The lowest BCUT2D eigenvalue weighted by molar-refractivity contribution is 0.0955. The van der Waals surface area contributed by atoms with Gasteiger partial charge in [-0.25, -0.2) is 5.43 Å². The first kappa shape index (κ1) is 20.9. The summed E-state index contributed by atoms with van der Waals surface area (Å²) in [6.07, 6.45) is 3.64. The molecule has 0 atom stereocenters. The Morgan fingerprint density at radius 3 is 2.72 bits per heavy atom. The van der Waals surface area contributed by atoms with Crippen LogP contribution in [0.1, 0.15) is 38.2 Å². The molecular formula is C26H22N4O2. The fourth-order valence-corrected chi connectivity index (χ4v) is 3.53. The van der Waals surface area contributed by atoms with Gasteiger partial charge in [0.05, 0.1) is 11.8 Å². The molecule has 0 radical (unpaired) electrons. The molecule has 1 heterocycles. The third-order valence-electron chi connectivity index (χ3n) is 5.48. The Kier molecular flexibility index (Phi) is 5.73. The van der Waals surface area contributed by atoms with Crippen molar-refractivity contribution < 1.29 is 9.90 Å². The molecule has 158 valence electrons. The summed E-state index contributed by atoms with van der Waals surface area (Å²) < 4.78 is 2.21. The average molecular weight is 422 g/mol. The van der Waals surface area contributed by atoms with E-state index >= 15 is 0 Å². The first-order chi connectivity index (χ1) is 15.4. The molecule has 32 heavy (non-hydrogen) atoms. The quantitative estimate of drug-likeness (QED) is 0.362. The van der Waals surface area contributed by atoms with Crippen molar-refractivity contribution in [3.63, 3.8) is 0 Å². The van der Waals surface area contributed by atoms with E-state index < -0.39 is 5.91 Å². The highest BCUT2D eigenvalue weighted by Gasteiger charge is 2.08. The first-order valence-electron chi connectivity index (χ1n) is 10.2. The maximum atomic E-state index is 12.2. The Bertz CT molecular complexity index is 1390. The summed E-state index contributed by atoms with van der Waals surface area (Å²) in [6, 6.07) is 20.5. The van der Waals surface area contributed by atoms with Crippen LogP contribution in [0.3, 0.4) is 0 Å². The molecule has 0 bridgehead atoms. The number of rotatable bonds is 5. The van der Waals surface area contributed by atoms with Crippen LogP contribution in [0.2, 0.25) is 0 Å². The highest BCUT2D eigenvalue weighted by atomic mass is 16.3. The van der Waals surface area contributed by atoms with Gasteiger partial charge < -0.3 is 9.67 Å². The van der Waals surface area contributed by atoms with Gasteiger partial charge in [-0.1, -0.05) is 24.3 Å². The van der Waals surface area contributed by atoms with Gasteiger partial charge in [0, 0.05) is 29.2 Å². The fraction of sp³-hybridized carbons (Fsp3) is 0.115. The number of benzene rings is 3. The highest BCUT2D eigenvalue weighted by molar-refractivity contribution is 5.96. The Balaban J connectivity index is 1.46. The number of carbonyl (C=O) groups excluding carboxylic acids is 1. The van der Waals surface area contributed by atoms with E-state index in [4.69, 9.17) is 5.26 Å². The van der Waals surface area contributed by atoms with E-state index in [0.29, 0.717) is 0 Å². The number of aromatic nitrogens is 1. The minimum Gasteiger partial charge on any atom is -0.507 e. The zero-order valence-corrected chi connectivity index (χ0v) is 17.8. The number of hydrazone groups is 1. The Labute approximate surface area is 186 Å². The number of nitrogens with zero attached hydrogens (tertiary/aromatic N) is 3. The smallest absolute Gasteiger partial charge is 0.271 e. The molecule has 0 aliphatic heterocycles. The second-order valence-corrected chi connectivity index (χ2v) is 7.72. The van der Waals surface area contributed by atoms with Gasteiger partial charge in [-0.2, -0.15) is 10.4 Å². The van der Waals surface area contributed by atoms with Crippen LogP contribution >= 0.6 is 0 Å². The van der Waals surface area contributed by atoms with Gasteiger partial charge in [-0.05, 0) is 72.5 Å². The number of nitrogens with one attached hydrogen (secondary N) is 1. The molecule has 4 rings (SSSR count). The molecule has 1 aromatic heterocycles. The number of hydrogen-bond acceptors (Lipinski definition) is 4. The second-order valence-electron chi connectivity index (χ2n) is 7.72. The minimum atomic E-state index is -0.460. The number of phenols is 1. The van der Waals surface area contributed by atoms with Crippen molar-refractivity contribution in [1.82, 2.24) is 9.99 Å². The topological polar surface area (TPSA) is 90.4 Å². The summed E-state index contributed by atoms with van der Waals surface area (Å²) in [6.45, 7) is 5.04. The van der Waals surface area contributed by atoms with Gasteiger partial charge in [-0.15, -0.1) is 0 Å². The summed E-state index contributed by atoms with van der Waals surface area (Å²) in [5.41, 5.74) is 8.54. The lowest BCUT2D eigenvalue weighted by Gasteiger charge is -2.08. The molecular weight excluding hydrogens is 400 g/mol. The molecule has 0 spiro atoms. The summed E-state index contributed by atoms with van der Waals surface area (Å²) in [5.74, 6) is -0.622. The number of phenolic OH excluding ortho intramolecular Hbond substituents is 1. The van der Waals surface area contributed by atoms with Crippen molar-refractivity contribution >= 4 is 23.0 Å². The second kappa shape index (κ2) is 8.78. The molecule has 0 aliphatic carbocycles. The van der Waals surface area contributed by atoms with Gasteiger partial charge in [0.1, 0.15) is 11.8 Å². The van der Waals surface area contributed by atoms with Gasteiger partial charge in [0.15, 0.2) is 0 Å². The molecule has 2 N–H and O–H groups in total. The summed E-state index contributed by atoms with van der Waals surface area (Å²) in [7, 11) is 0. The van der Waals surface area contributed by atoms with Crippen molar-refractivity contribution in [2.45, 2.75) is 20.4 Å². The fourth-order valence-electron chi connectivity index (χ4n) is 3.53. The van der Waals surface area contributed by atoms with Crippen LogP contribution in [0.5, 0.6) is 5.75 Å². The zero-order chi connectivity index (χ0) is 22.7. The minimum absolute atomic E-state index is 0.0393. The van der Waals surface area contributed by atoms with E-state index in [1.165, 1.54) is 34.9 Å². The summed E-state index contributed by atoms with van der Waals surface area (Å²) in [5, 5.41) is 23.6. The third kappa shape index (κ3) is 4.37. The predicted molar refractivity (Wildman–Crippen MR) is 125 cm³/mol. The normalized spacial score (nSPS) is 11.0. The van der Waals surface area contributed by atoms with Crippen molar-refractivity contribution in [2.24, 2.45) is 5.10 Å². The maximum Gasteiger partial charge on any atom is 0.271 e. The molecule has 0 fully saturated rings. The molecule has 0 aliphatic rings. The molecule has 1 amide bonds. The van der Waals surface area contributed by atoms with Crippen molar-refractivity contribution in [3.8, 4) is 11.8 Å². The molecule has 0 saturated heterocycles. The van der Waals surface area contributed by atoms with E-state index in [-0.39, 0.29) is 16.9 Å². The molecule has 0 unspecified atom stereocenters. The molecule has 0 saturated carbocycles. The number of amides is 1. The number of aromatic hydroxyl groups is 1. The molecule has 4 aromatic rings. The number of aryl methyl sites for hydroxylation is 2. The molecule has 6 heteroatoms. The third-order valence-corrected chi connectivity index (χ3v) is 5.48. The standard InChI is InChI=1S/C26H22N4O2/c1-17-3-4-20(11-18(17)2)16-30-10-9-21-12-19(5-7-24(21)30)15-28-29-26(32)22-6-8-25(31)23(13-22)14-27/h3-13,15,31H,16H2,1-2H3,(H,29,32). The SMILES string of the molecule is Cc1ccc(Cn2ccc3cc(C=NNC(=O)c4ccc(O)c(C#N)c4)ccc32)cc1C. The number of fused-ring (bicyclic) bond motifs is 1. The van der Waals surface area contributed by atoms with E-state index in [2.05, 4.69) is 59.4 Å². The van der Waals surface area contributed by atoms with Crippen LogP contribution in [-0.4, -0.2) is 21.8 Å². The van der Waals surface area contributed by atoms with Crippen LogP contribution in [0.4, 0.5) is 0 Å². The van der Waals surface area contributed by atoms with Crippen LogP contribution in [0, 0.1) is 25.2 Å². The maximum absolute atomic E-state index is 12.2. The van der Waals surface area contributed by atoms with Crippen LogP contribution < -0.4 is 5.43 Å². The highest BCUT2D eigenvalue weighted by Crippen LogP contribution is 2.20. The van der Waals surface area contributed by atoms with Crippen LogP contribution in [0.25, 0.3) is 10.9 Å². The largest absolute Gasteiger partial charge is 0.507 e. The summed E-state index contributed by atoms with van der Waals surface area (Å²) >= 11 is 0. The van der Waals surface area contributed by atoms with Gasteiger partial charge >= 0.3 is 0 Å². The van der Waals surface area contributed by atoms with Crippen LogP contribution in [-0.2, 0) is 6.54 Å². The van der Waals surface area contributed by atoms with Crippen molar-refractivity contribution in [2.75, 3.05) is 0 Å².